The van der Waals surface area contributed by atoms with Crippen LogP contribution in [0.15, 0.2) is 53.6 Å². The lowest BCUT2D eigenvalue weighted by Crippen LogP contribution is -2.20. The second-order valence-corrected chi connectivity index (χ2v) is 5.34. The van der Waals surface area contributed by atoms with Crippen LogP contribution in [0.2, 0.25) is 5.02 Å². The molecule has 2 aromatic rings. The Labute approximate surface area is 132 Å². The van der Waals surface area contributed by atoms with Gasteiger partial charge in [-0.2, -0.15) is 5.10 Å². The SMILES string of the molecule is O=CNC1=NN(c2cccc(F)c2)C(c2ccc(Cl)cc2)C1. The number of hydrogen-bond donors (Lipinski definition) is 1. The number of rotatable bonds is 3. The summed E-state index contributed by atoms with van der Waals surface area (Å²) >= 11 is 5.92. The Balaban J connectivity index is 1.97. The van der Waals surface area contributed by atoms with Gasteiger partial charge < -0.3 is 5.32 Å². The standard InChI is InChI=1S/C16H13ClFN3O/c17-12-6-4-11(5-7-12)15-9-16(19-10-22)20-21(15)14-3-1-2-13(18)8-14/h1-8,10,15H,9H2,(H,19,20,22). The Morgan fingerprint density at radius 2 is 2.05 bits per heavy atom. The summed E-state index contributed by atoms with van der Waals surface area (Å²) in [6, 6.07) is 13.5. The molecule has 1 atom stereocenters. The van der Waals surface area contributed by atoms with Crippen molar-refractivity contribution in [2.75, 3.05) is 5.01 Å². The van der Waals surface area contributed by atoms with Crippen LogP contribution in [0.3, 0.4) is 0 Å². The van der Waals surface area contributed by atoms with Crippen LogP contribution in [-0.2, 0) is 4.79 Å². The van der Waals surface area contributed by atoms with Crippen molar-refractivity contribution in [3.05, 3.63) is 64.9 Å². The number of halogens is 2. The van der Waals surface area contributed by atoms with E-state index in [1.54, 1.807) is 29.3 Å². The lowest BCUT2D eigenvalue weighted by atomic mass is 10.0. The predicted molar refractivity (Wildman–Crippen MR) is 84.3 cm³/mol. The first-order chi connectivity index (χ1) is 10.7. The van der Waals surface area contributed by atoms with Gasteiger partial charge in [-0.3, -0.25) is 9.80 Å². The van der Waals surface area contributed by atoms with Gasteiger partial charge in [0.2, 0.25) is 6.41 Å². The third-order valence-electron chi connectivity index (χ3n) is 3.46. The monoisotopic (exact) mass is 317 g/mol. The van der Waals surface area contributed by atoms with Crippen molar-refractivity contribution in [3.8, 4) is 0 Å². The molecule has 1 aliphatic heterocycles. The molecule has 1 amide bonds. The fourth-order valence-electron chi connectivity index (χ4n) is 2.47. The van der Waals surface area contributed by atoms with Crippen LogP contribution >= 0.6 is 11.6 Å². The van der Waals surface area contributed by atoms with Gasteiger partial charge in [0.05, 0.1) is 11.7 Å². The molecule has 1 unspecified atom stereocenters. The van der Waals surface area contributed by atoms with Crippen LogP contribution in [0.25, 0.3) is 0 Å². The molecule has 0 saturated carbocycles. The highest BCUT2D eigenvalue weighted by molar-refractivity contribution is 6.30. The number of nitrogens with one attached hydrogen (secondary N) is 1. The molecule has 0 aromatic heterocycles. The van der Waals surface area contributed by atoms with Crippen LogP contribution in [0.1, 0.15) is 18.0 Å². The lowest BCUT2D eigenvalue weighted by Gasteiger charge is -2.23. The molecule has 3 rings (SSSR count). The van der Waals surface area contributed by atoms with E-state index in [9.17, 15) is 9.18 Å². The van der Waals surface area contributed by atoms with Gasteiger partial charge in [-0.1, -0.05) is 29.8 Å². The molecule has 0 bridgehead atoms. The van der Waals surface area contributed by atoms with E-state index in [0.717, 1.165) is 5.56 Å². The van der Waals surface area contributed by atoms with E-state index in [0.29, 0.717) is 29.4 Å². The summed E-state index contributed by atoms with van der Waals surface area (Å²) in [5, 5.41) is 9.31. The molecule has 0 saturated heterocycles. The van der Waals surface area contributed by atoms with Gasteiger partial charge in [0.1, 0.15) is 11.7 Å². The highest BCUT2D eigenvalue weighted by Crippen LogP contribution is 2.35. The normalized spacial score (nSPS) is 17.3. The maximum Gasteiger partial charge on any atom is 0.212 e. The van der Waals surface area contributed by atoms with E-state index >= 15 is 0 Å². The molecule has 4 nitrogen and oxygen atoms in total. The fourth-order valence-corrected chi connectivity index (χ4v) is 2.59. The average Bonchev–Trinajstić information content (AvgIpc) is 2.92. The Kier molecular flexibility index (Phi) is 4.06. The molecule has 1 heterocycles. The van der Waals surface area contributed by atoms with Crippen LogP contribution in [0.5, 0.6) is 0 Å². The van der Waals surface area contributed by atoms with Crippen molar-refractivity contribution in [3.63, 3.8) is 0 Å². The van der Waals surface area contributed by atoms with Crippen molar-refractivity contribution in [2.45, 2.75) is 12.5 Å². The zero-order chi connectivity index (χ0) is 15.5. The second kappa shape index (κ2) is 6.15. The number of nitrogens with zero attached hydrogens (tertiary/aromatic N) is 2. The minimum atomic E-state index is -0.334. The van der Waals surface area contributed by atoms with Gasteiger partial charge in [-0.15, -0.1) is 0 Å². The third-order valence-corrected chi connectivity index (χ3v) is 3.72. The number of amides is 1. The predicted octanol–water partition coefficient (Wildman–Crippen LogP) is 3.49. The number of hydrogen-bond acceptors (Lipinski definition) is 3. The van der Waals surface area contributed by atoms with E-state index < -0.39 is 0 Å². The number of hydrazone groups is 1. The Hall–Kier alpha value is -2.40. The topological polar surface area (TPSA) is 44.7 Å². The largest absolute Gasteiger partial charge is 0.315 e. The maximum absolute atomic E-state index is 13.5. The molecule has 22 heavy (non-hydrogen) atoms. The zero-order valence-electron chi connectivity index (χ0n) is 11.5. The third kappa shape index (κ3) is 2.94. The highest BCUT2D eigenvalue weighted by Gasteiger charge is 2.29. The van der Waals surface area contributed by atoms with Crippen LogP contribution in [0.4, 0.5) is 10.1 Å². The van der Waals surface area contributed by atoms with E-state index in [1.165, 1.54) is 12.1 Å². The average molecular weight is 318 g/mol. The van der Waals surface area contributed by atoms with E-state index in [-0.39, 0.29) is 11.9 Å². The summed E-state index contributed by atoms with van der Waals surface area (Å²) in [6.07, 6.45) is 1.11. The Morgan fingerprint density at radius 1 is 1.27 bits per heavy atom. The van der Waals surface area contributed by atoms with Gasteiger partial charge in [0.15, 0.2) is 0 Å². The van der Waals surface area contributed by atoms with E-state index in [2.05, 4.69) is 10.4 Å². The number of carbonyl (C=O) groups excluding carboxylic acids is 1. The number of amidine groups is 1. The minimum absolute atomic E-state index is 0.124. The summed E-state index contributed by atoms with van der Waals surface area (Å²) in [4.78, 5) is 10.7. The molecule has 0 fully saturated rings. The molecule has 112 valence electrons. The molecule has 2 aromatic carbocycles. The summed E-state index contributed by atoms with van der Waals surface area (Å²) < 4.78 is 13.5. The number of anilines is 1. The number of carbonyl (C=O) groups is 1. The fraction of sp³-hybridized carbons (Fsp3) is 0.125. The van der Waals surface area contributed by atoms with Gasteiger partial charge >= 0.3 is 0 Å². The molecule has 0 spiro atoms. The van der Waals surface area contributed by atoms with Crippen molar-refractivity contribution in [1.82, 2.24) is 5.32 Å². The van der Waals surface area contributed by atoms with Crippen molar-refractivity contribution in [1.29, 1.82) is 0 Å². The highest BCUT2D eigenvalue weighted by atomic mass is 35.5. The summed E-state index contributed by atoms with van der Waals surface area (Å²) in [7, 11) is 0. The first kappa shape index (κ1) is 14.5. The van der Waals surface area contributed by atoms with E-state index in [4.69, 9.17) is 11.6 Å². The van der Waals surface area contributed by atoms with Crippen molar-refractivity contribution in [2.24, 2.45) is 5.10 Å². The van der Waals surface area contributed by atoms with E-state index in [1.807, 2.05) is 12.1 Å². The maximum atomic E-state index is 13.5. The molecular formula is C16H13ClFN3O. The molecule has 0 aliphatic carbocycles. The smallest absolute Gasteiger partial charge is 0.212 e. The quantitative estimate of drug-likeness (QED) is 0.881. The minimum Gasteiger partial charge on any atom is -0.315 e. The second-order valence-electron chi connectivity index (χ2n) is 4.90. The first-order valence-electron chi connectivity index (χ1n) is 6.75. The first-order valence-corrected chi connectivity index (χ1v) is 7.13. The summed E-state index contributed by atoms with van der Waals surface area (Å²) in [5.74, 6) is 0.207. The van der Waals surface area contributed by atoms with Gasteiger partial charge in [0.25, 0.3) is 0 Å². The zero-order valence-corrected chi connectivity index (χ0v) is 12.3. The van der Waals surface area contributed by atoms with Crippen LogP contribution in [0, 0.1) is 5.82 Å². The Bertz CT molecular complexity index is 718. The molecule has 1 aliphatic rings. The van der Waals surface area contributed by atoms with Crippen molar-refractivity contribution >= 4 is 29.5 Å². The molecule has 0 radical (unpaired) electrons. The van der Waals surface area contributed by atoms with Gasteiger partial charge in [-0.25, -0.2) is 4.39 Å². The Morgan fingerprint density at radius 3 is 2.73 bits per heavy atom. The van der Waals surface area contributed by atoms with Gasteiger partial charge in [-0.05, 0) is 35.9 Å². The number of benzene rings is 2. The lowest BCUT2D eigenvalue weighted by molar-refractivity contribution is -0.108. The van der Waals surface area contributed by atoms with Gasteiger partial charge in [0, 0.05) is 11.4 Å². The van der Waals surface area contributed by atoms with Crippen molar-refractivity contribution < 1.29 is 9.18 Å². The summed E-state index contributed by atoms with van der Waals surface area (Å²) in [6.45, 7) is 0. The molecule has 6 heteroatoms. The van der Waals surface area contributed by atoms with Crippen LogP contribution in [-0.4, -0.2) is 12.2 Å². The van der Waals surface area contributed by atoms with Crippen LogP contribution < -0.4 is 10.3 Å². The molecule has 1 N–H and O–H groups in total. The molecular weight excluding hydrogens is 305 g/mol. The summed E-state index contributed by atoms with van der Waals surface area (Å²) in [5.41, 5.74) is 1.61.